The molecule has 0 bridgehead atoms. The summed E-state index contributed by atoms with van der Waals surface area (Å²) < 4.78 is 53.9. The van der Waals surface area contributed by atoms with Crippen LogP contribution >= 0.6 is 0 Å². The Hall–Kier alpha value is -2.20. The quantitative estimate of drug-likeness (QED) is 0.0487. The van der Waals surface area contributed by atoms with Crippen LogP contribution in [0.1, 0.15) is 101 Å². The summed E-state index contributed by atoms with van der Waals surface area (Å²) in [4.78, 5) is 24.9. The maximum atomic E-state index is 12.9. The van der Waals surface area contributed by atoms with Crippen molar-refractivity contribution in [3.05, 3.63) is 11.6 Å². The number of hydrogen-bond acceptors (Lipinski definition) is 25. The van der Waals surface area contributed by atoms with Crippen molar-refractivity contribution in [1.82, 2.24) is 0 Å². The highest BCUT2D eigenvalue weighted by atomic mass is 16.8. The van der Waals surface area contributed by atoms with Gasteiger partial charge >= 0.3 is 11.9 Å². The molecule has 0 spiro atoms. The van der Waals surface area contributed by atoms with E-state index in [-0.39, 0.29) is 18.3 Å². The highest BCUT2D eigenvalue weighted by Gasteiger charge is 2.76. The first-order valence-corrected chi connectivity index (χ1v) is 28.4. The predicted octanol–water partition coefficient (Wildman–Crippen LogP) is -3.35. The van der Waals surface area contributed by atoms with Crippen LogP contribution in [0.3, 0.4) is 0 Å². The van der Waals surface area contributed by atoms with E-state index < -0.39 is 217 Å². The zero-order chi connectivity index (χ0) is 59.8. The molecule has 3 unspecified atom stereocenters. The molecule has 0 aromatic carbocycles. The second-order valence-corrected chi connectivity index (χ2v) is 26.7. The molecular formula is C55H88O26. The zero-order valence-electron chi connectivity index (χ0n) is 47.2. The van der Waals surface area contributed by atoms with E-state index in [1.807, 2.05) is 34.6 Å². The molecule has 4 aliphatic heterocycles. The van der Waals surface area contributed by atoms with Gasteiger partial charge in [0.15, 0.2) is 37.4 Å². The van der Waals surface area contributed by atoms with E-state index in [0.717, 1.165) is 12.5 Å². The van der Waals surface area contributed by atoms with Gasteiger partial charge in [0.2, 0.25) is 0 Å². The lowest BCUT2D eigenvalue weighted by atomic mass is 9.32. The Morgan fingerprint density at radius 1 is 0.605 bits per heavy atom. The van der Waals surface area contributed by atoms with Crippen molar-refractivity contribution in [3.63, 3.8) is 0 Å². The number of aliphatic hydroxyl groups is 14. The molecule has 15 N–H and O–H groups in total. The summed E-state index contributed by atoms with van der Waals surface area (Å²) >= 11 is 0. The van der Waals surface area contributed by atoms with Crippen LogP contribution in [-0.4, -0.2) is 256 Å². The Morgan fingerprint density at radius 2 is 1.19 bits per heavy atom. The number of carboxylic acids is 1. The summed E-state index contributed by atoms with van der Waals surface area (Å²) in [6.45, 7) is 14.2. The van der Waals surface area contributed by atoms with Crippen molar-refractivity contribution in [2.45, 2.75) is 248 Å². The summed E-state index contributed by atoms with van der Waals surface area (Å²) in [6, 6.07) is 0. The molecule has 0 aromatic heterocycles. The maximum absolute atomic E-state index is 12.9. The number of ether oxygens (including phenoxy) is 9. The van der Waals surface area contributed by atoms with Gasteiger partial charge in [0.05, 0.1) is 61.9 Å². The summed E-state index contributed by atoms with van der Waals surface area (Å²) in [6.07, 6.45) is -34.8. The minimum atomic E-state index is -2.13. The monoisotopic (exact) mass is 1160 g/mol. The zero-order valence-corrected chi connectivity index (χ0v) is 47.2. The Balaban J connectivity index is 1.01. The smallest absolute Gasteiger partial charge is 0.335 e. The lowest BCUT2D eigenvalue weighted by molar-refractivity contribution is -0.386. The number of fused-ring (bicyclic) bond motifs is 7. The number of rotatable bonds is 13. The van der Waals surface area contributed by atoms with E-state index in [1.165, 1.54) is 6.92 Å². The normalized spacial score (nSPS) is 54.0. The fourth-order valence-electron chi connectivity index (χ4n) is 17.1. The predicted molar refractivity (Wildman–Crippen MR) is 271 cm³/mol. The van der Waals surface area contributed by atoms with Crippen LogP contribution in [0.5, 0.6) is 0 Å². The Labute approximate surface area is 469 Å². The van der Waals surface area contributed by atoms with Gasteiger partial charge in [-0.05, 0) is 84.9 Å². The number of hydrogen-bond donors (Lipinski definition) is 15. The average Bonchev–Trinajstić information content (AvgIpc) is 1.16. The highest BCUT2D eigenvalue weighted by Crippen LogP contribution is 2.76. The van der Waals surface area contributed by atoms with Gasteiger partial charge in [-0.25, -0.2) is 4.79 Å². The molecule has 26 nitrogen and oxygen atoms in total. The van der Waals surface area contributed by atoms with Crippen molar-refractivity contribution in [2.75, 3.05) is 19.8 Å². The average molecular weight is 1170 g/mol. The summed E-state index contributed by atoms with van der Waals surface area (Å²) in [7, 11) is 0. The Morgan fingerprint density at radius 3 is 1.77 bits per heavy atom. The fraction of sp³-hybridized carbons (Fsp3) is 0.927. The second kappa shape index (κ2) is 22.5. The lowest BCUT2D eigenvalue weighted by Crippen LogP contribution is -2.76. The van der Waals surface area contributed by atoms with Crippen molar-refractivity contribution in [1.29, 1.82) is 0 Å². The van der Waals surface area contributed by atoms with Crippen LogP contribution in [0.4, 0.5) is 0 Å². The van der Waals surface area contributed by atoms with Crippen LogP contribution in [0.15, 0.2) is 11.6 Å². The number of carbonyl (C=O) groups is 2. The van der Waals surface area contributed by atoms with Crippen LogP contribution in [0, 0.1) is 50.2 Å². The molecule has 4 heterocycles. The number of esters is 1. The number of carboxylic acid groups (broad SMARTS) is 1. The van der Waals surface area contributed by atoms with Gasteiger partial charge < -0.3 is 119 Å². The summed E-state index contributed by atoms with van der Waals surface area (Å²) in [5, 5.41) is 168. The maximum Gasteiger partial charge on any atom is 0.335 e. The van der Waals surface area contributed by atoms with Gasteiger partial charge in [-0.2, -0.15) is 0 Å². The minimum Gasteiger partial charge on any atom is -0.479 e. The number of aliphatic hydroxyl groups excluding tert-OH is 14. The summed E-state index contributed by atoms with van der Waals surface area (Å²) in [5.74, 6) is -3.46. The van der Waals surface area contributed by atoms with Crippen LogP contribution < -0.4 is 0 Å². The minimum absolute atomic E-state index is 0.167. The molecule has 8 fully saturated rings. The molecule has 9 rings (SSSR count). The third kappa shape index (κ3) is 9.78. The first kappa shape index (κ1) is 63.3. The molecule has 0 aromatic rings. The van der Waals surface area contributed by atoms with Crippen LogP contribution in [0.25, 0.3) is 0 Å². The van der Waals surface area contributed by atoms with Crippen molar-refractivity contribution < 1.29 is 129 Å². The molecular weight excluding hydrogens is 1080 g/mol. The van der Waals surface area contributed by atoms with E-state index in [9.17, 15) is 86.2 Å². The van der Waals surface area contributed by atoms with Gasteiger partial charge in [-0.3, -0.25) is 4.79 Å². The van der Waals surface area contributed by atoms with E-state index in [2.05, 4.69) is 19.9 Å². The first-order chi connectivity index (χ1) is 37.7. The third-order valence-electron chi connectivity index (χ3n) is 21.8. The first-order valence-electron chi connectivity index (χ1n) is 28.4. The lowest BCUT2D eigenvalue weighted by Gasteiger charge is -2.73. The van der Waals surface area contributed by atoms with E-state index in [4.69, 9.17) is 42.6 Å². The Kier molecular flexibility index (Phi) is 17.6. The van der Waals surface area contributed by atoms with Gasteiger partial charge in [0.25, 0.3) is 0 Å². The molecule has 31 atom stereocenters. The second-order valence-electron chi connectivity index (χ2n) is 26.7. The van der Waals surface area contributed by atoms with E-state index in [1.54, 1.807) is 0 Å². The van der Waals surface area contributed by atoms with Crippen LogP contribution in [-0.2, 0) is 52.2 Å². The molecule has 0 radical (unpaired) electrons. The fourth-order valence-corrected chi connectivity index (χ4v) is 17.1. The van der Waals surface area contributed by atoms with Crippen LogP contribution in [0.2, 0.25) is 0 Å². The molecule has 26 heteroatoms. The largest absolute Gasteiger partial charge is 0.479 e. The molecule has 5 aliphatic carbocycles. The number of aliphatic carboxylic acids is 1. The van der Waals surface area contributed by atoms with Gasteiger partial charge in [-0.1, -0.05) is 60.1 Å². The van der Waals surface area contributed by atoms with Gasteiger partial charge in [0.1, 0.15) is 73.2 Å². The van der Waals surface area contributed by atoms with E-state index >= 15 is 0 Å². The van der Waals surface area contributed by atoms with Crippen molar-refractivity contribution >= 4 is 11.9 Å². The third-order valence-corrected chi connectivity index (χ3v) is 21.8. The molecule has 81 heavy (non-hydrogen) atoms. The van der Waals surface area contributed by atoms with Gasteiger partial charge in [-0.15, -0.1) is 0 Å². The Bertz CT molecular complexity index is 2300. The topological polar surface area (TPSA) is 421 Å². The van der Waals surface area contributed by atoms with Gasteiger partial charge in [0, 0.05) is 12.3 Å². The summed E-state index contributed by atoms with van der Waals surface area (Å²) in [5.41, 5.74) is -5.18. The molecule has 4 saturated carbocycles. The molecule has 0 amide bonds. The SMILES string of the molecule is CC(=O)O[C@@H]1[C@@H](O)[C@H](C)O[C@@H](O[C@H]2[C@@H](O)[C@@]3(CO)C(CC2(C)C)C2=CCC4[C@@]5(C)CC[C@H](O[C@H]6O[C@H](C(=O)O)[C@@H](O)[C@H](O[C@H]7O[C@H](CO)[C@@H](O)[C@@H]7O)[C@H]6O[C@@H]6O[C@H](CO)[C@H](O)[C@H](O)[C@H]6O)C(C)(C)C5CC[C@@]4(C)[C@]2(C)[C@H](O)[C@@H]3O)[C@@H]1O. The number of carbonyl (C=O) groups excluding carboxylic acids is 1. The highest BCUT2D eigenvalue weighted by molar-refractivity contribution is 5.73. The molecule has 4 saturated heterocycles. The standard InChI is InChI=1S/C55H88O26/c1-20-29(60)37(74-21(2)59)36(67)48(73-20)81-44-43(70)55(19-58)23(16-50(44,3)4)22-10-11-27-52(7)14-13-28(51(5,6)26(52)12-15-53(27,8)54(22,9)41(68)42(55)69)77-49-40(80-47-34(65)32(63)30(61)24(17-56)75-47)38(35(66)39(79-49)45(71)72)78-46-33(64)31(62)25(18-57)76-46/h10,20,23-44,46-49,56-58,60-70H,11-19H2,1-9H3,(H,71,72)/t20-,23?,24+,25+,26?,27?,28-,29-,30-,31+,32-,33-,34+,35-,36+,37+,38-,39-,40+,41+,42-,43+,44-,46+,47-,48-,49-,52-,53+,54-,55-/m0/s1. The number of allylic oxidation sites excluding steroid dienone is 1. The van der Waals surface area contributed by atoms with Crippen molar-refractivity contribution in [3.8, 4) is 0 Å². The van der Waals surface area contributed by atoms with Crippen molar-refractivity contribution in [2.24, 2.45) is 50.2 Å². The molecule has 9 aliphatic rings. The molecule has 464 valence electrons. The van der Waals surface area contributed by atoms with E-state index in [0.29, 0.717) is 32.1 Å².